The third kappa shape index (κ3) is 3.76. The molecule has 3 nitrogen and oxygen atoms in total. The van der Waals surface area contributed by atoms with Crippen molar-refractivity contribution in [2.75, 3.05) is 0 Å². The Labute approximate surface area is 128 Å². The third-order valence-electron chi connectivity index (χ3n) is 4.31. The third-order valence-corrected chi connectivity index (χ3v) is 8.67. The minimum Gasteiger partial charge on any atom is -0.544 e. The molecule has 0 aliphatic carbocycles. The molecule has 2 rings (SSSR count). The molecule has 1 aliphatic heterocycles. The minimum absolute atomic E-state index is 0.104. The number of carbonyl (C=O) groups excluding carboxylic acids is 1. The molecule has 0 fully saturated rings. The topological polar surface area (TPSA) is 35.5 Å². The Hall–Kier alpha value is -1.55. The molecule has 0 amide bonds. The number of rotatable bonds is 3. The molecule has 0 radical (unpaired) electrons. The van der Waals surface area contributed by atoms with Gasteiger partial charge in [-0.1, -0.05) is 32.9 Å². The quantitative estimate of drug-likeness (QED) is 0.765. The van der Waals surface area contributed by atoms with Crippen LogP contribution in [0.25, 0.3) is 0 Å². The predicted octanol–water partition coefficient (Wildman–Crippen LogP) is 4.61. The Kier molecular flexibility index (Phi) is 4.28. The van der Waals surface area contributed by atoms with Crippen LogP contribution < -0.4 is 4.43 Å². The highest BCUT2D eigenvalue weighted by Gasteiger charge is 2.38. The maximum absolute atomic E-state index is 11.4. The normalized spacial score (nSPS) is 19.3. The average molecular weight is 304 g/mol. The molecular formula is C17H24O3Si. The molecule has 1 heterocycles. The van der Waals surface area contributed by atoms with E-state index in [1.165, 1.54) is 12.3 Å². The first kappa shape index (κ1) is 15.8. The van der Waals surface area contributed by atoms with Crippen LogP contribution in [0.1, 0.15) is 38.9 Å². The number of benzene rings is 1. The number of allylic oxidation sites excluding steroid dienone is 1. The molecule has 114 valence electrons. The van der Waals surface area contributed by atoms with E-state index in [0.29, 0.717) is 6.42 Å². The molecule has 1 aliphatic rings. The lowest BCUT2D eigenvalue weighted by atomic mass is 10.0. The van der Waals surface area contributed by atoms with Gasteiger partial charge in [0.2, 0.25) is 8.32 Å². The highest BCUT2D eigenvalue weighted by Crippen LogP contribution is 2.37. The fourth-order valence-electron chi connectivity index (χ4n) is 1.90. The highest BCUT2D eigenvalue weighted by molar-refractivity contribution is 6.74. The lowest BCUT2D eigenvalue weighted by Crippen LogP contribution is -2.43. The standard InChI is InChI=1S/C17H24O3Si/c1-17(2,3)21(4,5)20-15-8-6-13(7-9-15)16-12-14(18)10-11-19-16/h6-11,16H,12H2,1-5H3/t16-/m0/s1. The van der Waals surface area contributed by atoms with Gasteiger partial charge >= 0.3 is 0 Å². The maximum atomic E-state index is 11.4. The van der Waals surface area contributed by atoms with Crippen molar-refractivity contribution in [1.29, 1.82) is 0 Å². The number of hydrogen-bond donors (Lipinski definition) is 0. The monoisotopic (exact) mass is 304 g/mol. The summed E-state index contributed by atoms with van der Waals surface area (Å²) in [4.78, 5) is 11.4. The van der Waals surface area contributed by atoms with E-state index in [1.54, 1.807) is 0 Å². The Balaban J connectivity index is 2.09. The minimum atomic E-state index is -1.81. The van der Waals surface area contributed by atoms with E-state index in [1.807, 2.05) is 24.3 Å². The SMILES string of the molecule is CC(C)(C)[Si](C)(C)Oc1ccc([C@@H]2CC(=O)C=CO2)cc1. The van der Waals surface area contributed by atoms with Gasteiger partial charge in [0.1, 0.15) is 11.9 Å². The van der Waals surface area contributed by atoms with E-state index < -0.39 is 8.32 Å². The van der Waals surface area contributed by atoms with Crippen LogP contribution in [0.5, 0.6) is 5.75 Å². The molecule has 4 heteroatoms. The van der Waals surface area contributed by atoms with Gasteiger partial charge < -0.3 is 9.16 Å². The Morgan fingerprint density at radius 1 is 1.19 bits per heavy atom. The Morgan fingerprint density at radius 2 is 1.81 bits per heavy atom. The fourth-order valence-corrected chi connectivity index (χ4v) is 2.94. The van der Waals surface area contributed by atoms with Gasteiger partial charge in [-0.2, -0.15) is 0 Å². The summed E-state index contributed by atoms with van der Waals surface area (Å²) in [6.45, 7) is 11.1. The molecule has 0 unspecified atom stereocenters. The first-order chi connectivity index (χ1) is 9.69. The smallest absolute Gasteiger partial charge is 0.250 e. The molecule has 1 aromatic carbocycles. The largest absolute Gasteiger partial charge is 0.544 e. The summed E-state index contributed by atoms with van der Waals surface area (Å²) in [5.74, 6) is 0.996. The van der Waals surface area contributed by atoms with Crippen LogP contribution >= 0.6 is 0 Å². The van der Waals surface area contributed by atoms with Gasteiger partial charge in [-0.3, -0.25) is 4.79 Å². The second-order valence-electron chi connectivity index (χ2n) is 7.03. The summed E-state index contributed by atoms with van der Waals surface area (Å²) in [6, 6.07) is 7.92. The van der Waals surface area contributed by atoms with Crippen molar-refractivity contribution < 1.29 is 14.0 Å². The first-order valence-corrected chi connectivity index (χ1v) is 10.2. The summed E-state index contributed by atoms with van der Waals surface area (Å²) in [5, 5.41) is 0.176. The van der Waals surface area contributed by atoms with Crippen molar-refractivity contribution in [3.05, 3.63) is 42.2 Å². The van der Waals surface area contributed by atoms with E-state index in [9.17, 15) is 4.79 Å². The van der Waals surface area contributed by atoms with Crippen LogP contribution in [0.3, 0.4) is 0 Å². The molecule has 0 N–H and O–H groups in total. The average Bonchev–Trinajstić information content (AvgIpc) is 2.38. The lowest BCUT2D eigenvalue weighted by molar-refractivity contribution is -0.118. The van der Waals surface area contributed by atoms with Crippen LogP contribution in [0.2, 0.25) is 18.1 Å². The zero-order valence-electron chi connectivity index (χ0n) is 13.5. The Morgan fingerprint density at radius 3 is 2.33 bits per heavy atom. The molecule has 0 aromatic heterocycles. The second kappa shape index (κ2) is 5.68. The predicted molar refractivity (Wildman–Crippen MR) is 86.9 cm³/mol. The molecule has 0 saturated carbocycles. The van der Waals surface area contributed by atoms with Gasteiger partial charge in [0.05, 0.1) is 12.7 Å². The van der Waals surface area contributed by atoms with Gasteiger partial charge in [0.25, 0.3) is 0 Å². The summed E-state index contributed by atoms with van der Waals surface area (Å²) >= 11 is 0. The molecule has 0 bridgehead atoms. The van der Waals surface area contributed by atoms with Crippen molar-refractivity contribution >= 4 is 14.1 Å². The van der Waals surface area contributed by atoms with Gasteiger partial charge in [0, 0.05) is 6.08 Å². The zero-order chi connectivity index (χ0) is 15.7. The first-order valence-electron chi connectivity index (χ1n) is 7.33. The summed E-state index contributed by atoms with van der Waals surface area (Å²) in [5.41, 5.74) is 1.01. The van der Waals surface area contributed by atoms with Gasteiger partial charge in [0.15, 0.2) is 5.78 Å². The molecule has 0 spiro atoms. The summed E-state index contributed by atoms with van der Waals surface area (Å²) in [6.07, 6.45) is 3.19. The van der Waals surface area contributed by atoms with Crippen molar-refractivity contribution in [3.63, 3.8) is 0 Å². The fraction of sp³-hybridized carbons (Fsp3) is 0.471. The van der Waals surface area contributed by atoms with Crippen molar-refractivity contribution in [2.45, 2.75) is 51.4 Å². The molecule has 0 saturated heterocycles. The number of ether oxygens (including phenoxy) is 1. The van der Waals surface area contributed by atoms with E-state index >= 15 is 0 Å². The van der Waals surface area contributed by atoms with E-state index in [2.05, 4.69) is 33.9 Å². The van der Waals surface area contributed by atoms with Crippen LogP contribution in [0.4, 0.5) is 0 Å². The van der Waals surface area contributed by atoms with Gasteiger partial charge in [-0.15, -0.1) is 0 Å². The molecular weight excluding hydrogens is 280 g/mol. The lowest BCUT2D eigenvalue weighted by Gasteiger charge is -2.36. The van der Waals surface area contributed by atoms with Crippen LogP contribution in [0.15, 0.2) is 36.6 Å². The van der Waals surface area contributed by atoms with Crippen LogP contribution in [-0.2, 0) is 9.53 Å². The maximum Gasteiger partial charge on any atom is 0.250 e. The summed E-state index contributed by atoms with van der Waals surface area (Å²) < 4.78 is 11.7. The van der Waals surface area contributed by atoms with Crippen molar-refractivity contribution in [3.8, 4) is 5.75 Å². The molecule has 21 heavy (non-hydrogen) atoms. The zero-order valence-corrected chi connectivity index (χ0v) is 14.5. The Bertz CT molecular complexity index is 538. The molecule has 1 atom stereocenters. The van der Waals surface area contributed by atoms with E-state index in [-0.39, 0.29) is 16.9 Å². The molecule has 1 aromatic rings. The van der Waals surface area contributed by atoms with Gasteiger partial charge in [-0.25, -0.2) is 0 Å². The van der Waals surface area contributed by atoms with E-state index in [4.69, 9.17) is 9.16 Å². The second-order valence-corrected chi connectivity index (χ2v) is 11.8. The van der Waals surface area contributed by atoms with Crippen LogP contribution in [0, 0.1) is 0 Å². The van der Waals surface area contributed by atoms with Gasteiger partial charge in [-0.05, 0) is 35.8 Å². The highest BCUT2D eigenvalue weighted by atomic mass is 28.4. The number of carbonyl (C=O) groups is 1. The number of ketones is 1. The summed E-state index contributed by atoms with van der Waals surface area (Å²) in [7, 11) is -1.81. The number of hydrogen-bond acceptors (Lipinski definition) is 3. The van der Waals surface area contributed by atoms with E-state index in [0.717, 1.165) is 11.3 Å². The van der Waals surface area contributed by atoms with Crippen LogP contribution in [-0.4, -0.2) is 14.1 Å². The van der Waals surface area contributed by atoms with Crippen molar-refractivity contribution in [1.82, 2.24) is 0 Å². The van der Waals surface area contributed by atoms with Crippen molar-refractivity contribution in [2.24, 2.45) is 0 Å².